The number of nitrogens with zero attached hydrogens (tertiary/aromatic N) is 3. The predicted octanol–water partition coefficient (Wildman–Crippen LogP) is 3.26. The molecular formula is C22H25N3O4. The van der Waals surface area contributed by atoms with Crippen molar-refractivity contribution >= 4 is 23.5 Å². The maximum absolute atomic E-state index is 13.5. The van der Waals surface area contributed by atoms with Crippen molar-refractivity contribution in [1.29, 1.82) is 0 Å². The zero-order chi connectivity index (χ0) is 21.1. The number of amides is 2. The van der Waals surface area contributed by atoms with Crippen LogP contribution in [0.25, 0.3) is 0 Å². The Morgan fingerprint density at radius 1 is 1.31 bits per heavy atom. The Balaban J connectivity index is 1.79. The van der Waals surface area contributed by atoms with E-state index in [9.17, 15) is 14.4 Å². The van der Waals surface area contributed by atoms with Crippen molar-refractivity contribution in [3.63, 3.8) is 0 Å². The quantitative estimate of drug-likeness (QED) is 0.797. The number of carbonyl (C=O) groups excluding carboxylic acids is 3. The molecule has 2 aliphatic rings. The van der Waals surface area contributed by atoms with Gasteiger partial charge in [0.25, 0.3) is 0 Å². The van der Waals surface area contributed by atoms with Gasteiger partial charge in [-0.05, 0) is 51.3 Å². The Morgan fingerprint density at radius 2 is 2.03 bits per heavy atom. The molecule has 1 saturated carbocycles. The Hall–Kier alpha value is -2.96. The molecule has 0 bridgehead atoms. The maximum Gasteiger partial charge on any atom is 0.421 e. The van der Waals surface area contributed by atoms with Crippen LogP contribution in [0.2, 0.25) is 0 Å². The van der Waals surface area contributed by atoms with E-state index < -0.39 is 17.1 Å². The van der Waals surface area contributed by atoms with Crippen molar-refractivity contribution < 1.29 is 19.1 Å². The number of imidazole rings is 1. The summed E-state index contributed by atoms with van der Waals surface area (Å²) < 4.78 is 7.35. The van der Waals surface area contributed by atoms with E-state index in [2.05, 4.69) is 4.98 Å². The van der Waals surface area contributed by atoms with Crippen LogP contribution in [0.4, 0.5) is 10.5 Å². The first-order valence-electron chi connectivity index (χ1n) is 9.71. The van der Waals surface area contributed by atoms with Crippen LogP contribution in [0.1, 0.15) is 56.9 Å². The molecule has 7 heteroatoms. The molecule has 1 fully saturated rings. The maximum atomic E-state index is 13.5. The Kier molecular flexibility index (Phi) is 4.19. The van der Waals surface area contributed by atoms with Gasteiger partial charge in [0.1, 0.15) is 11.4 Å². The van der Waals surface area contributed by atoms with E-state index in [4.69, 9.17) is 4.74 Å². The highest BCUT2D eigenvalue weighted by Gasteiger charge is 2.69. The van der Waals surface area contributed by atoms with Gasteiger partial charge in [-0.3, -0.25) is 9.59 Å². The summed E-state index contributed by atoms with van der Waals surface area (Å²) >= 11 is 0. The number of imide groups is 1. The van der Waals surface area contributed by atoms with Crippen LogP contribution >= 0.6 is 0 Å². The number of aromatic nitrogens is 2. The molecule has 1 aromatic heterocycles. The summed E-state index contributed by atoms with van der Waals surface area (Å²) in [6.07, 6.45) is 3.81. The minimum atomic E-state index is -0.826. The van der Waals surface area contributed by atoms with Crippen LogP contribution < -0.4 is 4.90 Å². The van der Waals surface area contributed by atoms with Crippen molar-refractivity contribution in [2.24, 2.45) is 7.05 Å². The molecule has 152 valence electrons. The molecule has 2 atom stereocenters. The third-order valence-electron chi connectivity index (χ3n) is 5.44. The zero-order valence-corrected chi connectivity index (χ0v) is 17.4. The van der Waals surface area contributed by atoms with E-state index in [1.54, 1.807) is 39.2 Å². The van der Waals surface area contributed by atoms with Gasteiger partial charge in [0.05, 0.1) is 23.1 Å². The number of ether oxygens (including phenoxy) is 1. The van der Waals surface area contributed by atoms with Crippen LogP contribution in [0, 0.1) is 0 Å². The molecule has 2 amide bonds. The van der Waals surface area contributed by atoms with Crippen LogP contribution in [0.15, 0.2) is 30.7 Å². The molecule has 1 aliphatic heterocycles. The number of ketones is 1. The number of aryl methyl sites for hydroxylation is 1. The molecule has 7 nitrogen and oxygen atoms in total. The highest BCUT2D eigenvalue weighted by Crippen LogP contribution is 2.66. The molecule has 1 aliphatic carbocycles. The molecular weight excluding hydrogens is 370 g/mol. The van der Waals surface area contributed by atoms with Crippen LogP contribution in [0.3, 0.4) is 0 Å². The van der Waals surface area contributed by atoms with Crippen LogP contribution in [0.5, 0.6) is 0 Å². The van der Waals surface area contributed by atoms with E-state index in [1.165, 1.54) is 6.92 Å². The van der Waals surface area contributed by atoms with Gasteiger partial charge in [-0.25, -0.2) is 14.7 Å². The monoisotopic (exact) mass is 395 g/mol. The summed E-state index contributed by atoms with van der Waals surface area (Å²) in [7, 11) is 1.88. The minimum Gasteiger partial charge on any atom is -0.443 e. The summed E-state index contributed by atoms with van der Waals surface area (Å²) in [6.45, 7) is 6.85. The van der Waals surface area contributed by atoms with Gasteiger partial charge in [-0.2, -0.15) is 0 Å². The molecule has 2 heterocycles. The number of carbonyl (C=O) groups is 3. The van der Waals surface area contributed by atoms with E-state index in [-0.39, 0.29) is 24.0 Å². The number of fused-ring (bicyclic) bond motifs is 2. The summed E-state index contributed by atoms with van der Waals surface area (Å²) in [5.41, 5.74) is 1.44. The summed E-state index contributed by atoms with van der Waals surface area (Å²) in [5.74, 6) is -0.336. The summed E-state index contributed by atoms with van der Waals surface area (Å²) in [4.78, 5) is 43.6. The first-order chi connectivity index (χ1) is 13.5. The van der Waals surface area contributed by atoms with Crippen LogP contribution in [-0.4, -0.2) is 32.9 Å². The lowest BCUT2D eigenvalue weighted by molar-refractivity contribution is -0.120. The van der Waals surface area contributed by atoms with E-state index in [0.29, 0.717) is 12.1 Å². The van der Waals surface area contributed by atoms with Crippen molar-refractivity contribution in [2.45, 2.75) is 57.5 Å². The molecule has 0 saturated heterocycles. The number of rotatable bonds is 3. The van der Waals surface area contributed by atoms with E-state index in [1.807, 2.05) is 23.9 Å². The second-order valence-electron chi connectivity index (χ2n) is 9.04. The lowest BCUT2D eigenvalue weighted by atomic mass is 9.91. The highest BCUT2D eigenvalue weighted by molar-refractivity contribution is 6.23. The van der Waals surface area contributed by atoms with Crippen molar-refractivity contribution in [3.05, 3.63) is 47.5 Å². The zero-order valence-electron chi connectivity index (χ0n) is 17.4. The first kappa shape index (κ1) is 19.4. The molecule has 4 rings (SSSR count). The SMILES string of the molecule is CC(=O)Cc1ccc2c(c1)C1(CC1c1cn(C)cn1)C(=O)N2C(=O)OC(C)(C)C. The van der Waals surface area contributed by atoms with Crippen molar-refractivity contribution in [3.8, 4) is 0 Å². The Labute approximate surface area is 169 Å². The standard InChI is InChI=1S/C22H25N3O4/c1-13(26)8-14-6-7-18-15(9-14)22(10-16(22)17-11-24(5)12-23-17)19(27)25(18)20(28)29-21(2,3)4/h6-7,9,11-12,16H,8,10H2,1-5H3. The molecule has 2 unspecified atom stereocenters. The third kappa shape index (κ3) is 3.14. The van der Waals surface area contributed by atoms with Crippen molar-refractivity contribution in [1.82, 2.24) is 9.55 Å². The normalized spacial score (nSPS) is 22.7. The van der Waals surface area contributed by atoms with E-state index in [0.717, 1.165) is 21.7 Å². The molecule has 29 heavy (non-hydrogen) atoms. The largest absolute Gasteiger partial charge is 0.443 e. The number of anilines is 1. The van der Waals surface area contributed by atoms with Gasteiger partial charge in [0.15, 0.2) is 0 Å². The predicted molar refractivity (Wildman–Crippen MR) is 107 cm³/mol. The Morgan fingerprint density at radius 3 is 2.62 bits per heavy atom. The average Bonchev–Trinajstić information content (AvgIpc) is 3.12. The Bertz CT molecular complexity index is 1030. The second kappa shape index (κ2) is 6.27. The smallest absolute Gasteiger partial charge is 0.421 e. The van der Waals surface area contributed by atoms with Crippen LogP contribution in [-0.2, 0) is 33.2 Å². The minimum absolute atomic E-state index is 0.0457. The van der Waals surface area contributed by atoms with Gasteiger partial charge < -0.3 is 9.30 Å². The fraction of sp³-hybridized carbons (Fsp3) is 0.455. The number of hydrogen-bond acceptors (Lipinski definition) is 5. The topological polar surface area (TPSA) is 81.5 Å². The molecule has 2 aromatic rings. The lowest BCUT2D eigenvalue weighted by Crippen LogP contribution is -2.41. The molecule has 0 N–H and O–H groups in total. The highest BCUT2D eigenvalue weighted by atomic mass is 16.6. The molecule has 1 spiro atoms. The summed E-state index contributed by atoms with van der Waals surface area (Å²) in [5, 5.41) is 0. The second-order valence-corrected chi connectivity index (χ2v) is 9.04. The number of benzene rings is 1. The van der Waals surface area contributed by atoms with Gasteiger partial charge >= 0.3 is 6.09 Å². The first-order valence-corrected chi connectivity index (χ1v) is 9.71. The van der Waals surface area contributed by atoms with Gasteiger partial charge in [0, 0.05) is 25.6 Å². The average molecular weight is 395 g/mol. The number of Topliss-reactive ketones (excluding diaryl/α,β-unsaturated/α-hetero) is 1. The van der Waals surface area contributed by atoms with Gasteiger partial charge in [-0.1, -0.05) is 12.1 Å². The third-order valence-corrected chi connectivity index (χ3v) is 5.44. The van der Waals surface area contributed by atoms with Crippen molar-refractivity contribution in [2.75, 3.05) is 4.90 Å². The van der Waals surface area contributed by atoms with Gasteiger partial charge in [0.2, 0.25) is 5.91 Å². The fourth-order valence-corrected chi connectivity index (χ4v) is 4.21. The fourth-order valence-electron chi connectivity index (χ4n) is 4.21. The molecule has 1 aromatic carbocycles. The summed E-state index contributed by atoms with van der Waals surface area (Å²) in [6, 6.07) is 5.43. The molecule has 0 radical (unpaired) electrons. The van der Waals surface area contributed by atoms with Gasteiger partial charge in [-0.15, -0.1) is 0 Å². The van der Waals surface area contributed by atoms with E-state index >= 15 is 0 Å². The number of hydrogen-bond donors (Lipinski definition) is 0. The lowest BCUT2D eigenvalue weighted by Gasteiger charge is -2.24.